The predicted molar refractivity (Wildman–Crippen MR) is 93.2 cm³/mol. The Kier molecular flexibility index (Phi) is 4.69. The minimum Gasteiger partial charge on any atom is -0.313 e. The Hall–Kier alpha value is -2.69. The summed E-state index contributed by atoms with van der Waals surface area (Å²) in [6, 6.07) is 7.37. The highest BCUT2D eigenvalue weighted by Gasteiger charge is 2.50. The summed E-state index contributed by atoms with van der Waals surface area (Å²) in [5.74, 6) is -1.44. The van der Waals surface area contributed by atoms with Crippen LogP contribution in [0.5, 0.6) is 0 Å². The Morgan fingerprint density at radius 2 is 2.00 bits per heavy atom. The Balaban J connectivity index is 1.58. The molecule has 1 fully saturated rings. The van der Waals surface area contributed by atoms with Gasteiger partial charge in [0.25, 0.3) is 0 Å². The number of hydrogen-bond donors (Lipinski definition) is 0. The summed E-state index contributed by atoms with van der Waals surface area (Å²) in [6.07, 6.45) is -0.425. The Morgan fingerprint density at radius 3 is 2.75 bits per heavy atom. The number of fused-ring (bicyclic) bond motifs is 1. The Bertz CT molecular complexity index is 944. The zero-order valence-corrected chi connectivity index (χ0v) is 15.1. The van der Waals surface area contributed by atoms with Crippen molar-refractivity contribution in [2.24, 2.45) is 5.92 Å². The maximum Gasteiger partial charge on any atom is 0.416 e. The van der Waals surface area contributed by atoms with Gasteiger partial charge in [-0.1, -0.05) is 24.6 Å². The van der Waals surface area contributed by atoms with Crippen LogP contribution in [0.2, 0.25) is 0 Å². The summed E-state index contributed by atoms with van der Waals surface area (Å²) >= 11 is 0. The number of aryl methyl sites for hydroxylation is 1. The van der Waals surface area contributed by atoms with Crippen LogP contribution in [0.4, 0.5) is 13.2 Å². The number of carbonyl (C=O) groups is 1. The second-order valence-electron chi connectivity index (χ2n) is 7.43. The lowest BCUT2D eigenvalue weighted by molar-refractivity contribution is -0.138. The summed E-state index contributed by atoms with van der Waals surface area (Å²) in [4.78, 5) is 13.0. The van der Waals surface area contributed by atoms with Crippen LogP contribution >= 0.6 is 0 Å². The van der Waals surface area contributed by atoms with Gasteiger partial charge in [-0.05, 0) is 36.8 Å². The first-order chi connectivity index (χ1) is 13.4. The van der Waals surface area contributed by atoms with E-state index in [0.29, 0.717) is 18.8 Å². The van der Waals surface area contributed by atoms with Crippen LogP contribution < -0.4 is 0 Å². The van der Waals surface area contributed by atoms with Crippen LogP contribution in [0, 0.1) is 17.2 Å². The average Bonchev–Trinajstić information content (AvgIpc) is 3.43. The number of hydrogen-bond acceptors (Lipinski definition) is 4. The molecular weight excluding hydrogens is 369 g/mol. The van der Waals surface area contributed by atoms with Gasteiger partial charge in [-0.2, -0.15) is 18.4 Å². The third-order valence-electron chi connectivity index (χ3n) is 5.63. The highest BCUT2D eigenvalue weighted by molar-refractivity contribution is 5.92. The van der Waals surface area contributed by atoms with E-state index in [1.54, 1.807) is 6.07 Å². The Labute approximate surface area is 160 Å². The molecule has 1 aliphatic carbocycles. The molecule has 0 bridgehead atoms. The molecule has 28 heavy (non-hydrogen) atoms. The van der Waals surface area contributed by atoms with Crippen molar-refractivity contribution in [2.45, 2.75) is 56.7 Å². The number of benzene rings is 1. The van der Waals surface area contributed by atoms with Crippen molar-refractivity contribution in [1.82, 2.24) is 14.8 Å². The number of aromatic nitrogens is 3. The molecule has 1 saturated carbocycles. The second-order valence-corrected chi connectivity index (χ2v) is 7.43. The van der Waals surface area contributed by atoms with Crippen LogP contribution in [0.1, 0.15) is 60.3 Å². The number of nitriles is 1. The molecule has 3 atom stereocenters. The highest BCUT2D eigenvalue weighted by atomic mass is 19.4. The molecule has 0 unspecified atom stereocenters. The standard InChI is InChI=1S/C20H19F3N4O/c21-20(22,23)16-7-4-3-6-12(16)13-10-14(13)18(28)15(11-24)19-26-25-17-8-2-1-5-9-27(17)19/h3-4,6-7,13-15H,1-2,5,8-10H2/t13-,14+,15-/m1/s1. The van der Waals surface area contributed by atoms with Crippen LogP contribution in [0.25, 0.3) is 0 Å². The molecular formula is C20H19F3N4O. The second kappa shape index (κ2) is 7.04. The molecule has 0 spiro atoms. The minimum atomic E-state index is -4.47. The summed E-state index contributed by atoms with van der Waals surface area (Å²) in [6.45, 7) is 0.661. The fraction of sp³-hybridized carbons (Fsp3) is 0.500. The fourth-order valence-corrected chi connectivity index (χ4v) is 4.12. The van der Waals surface area contributed by atoms with Crippen molar-refractivity contribution in [2.75, 3.05) is 0 Å². The number of nitrogens with zero attached hydrogens (tertiary/aromatic N) is 4. The number of alkyl halides is 3. The van der Waals surface area contributed by atoms with Gasteiger partial charge in [-0.25, -0.2) is 0 Å². The molecule has 146 valence electrons. The first kappa shape index (κ1) is 18.7. The van der Waals surface area contributed by atoms with Gasteiger partial charge < -0.3 is 4.57 Å². The first-order valence-corrected chi connectivity index (χ1v) is 9.43. The average molecular weight is 388 g/mol. The van der Waals surface area contributed by atoms with E-state index in [9.17, 15) is 23.2 Å². The van der Waals surface area contributed by atoms with Crippen molar-refractivity contribution >= 4 is 5.78 Å². The van der Waals surface area contributed by atoms with Crippen LogP contribution in [-0.4, -0.2) is 20.5 Å². The van der Waals surface area contributed by atoms with Crippen molar-refractivity contribution < 1.29 is 18.0 Å². The molecule has 2 aromatic rings. The number of halogens is 3. The van der Waals surface area contributed by atoms with E-state index >= 15 is 0 Å². The Morgan fingerprint density at radius 1 is 1.21 bits per heavy atom. The van der Waals surface area contributed by atoms with Crippen molar-refractivity contribution in [3.05, 3.63) is 47.0 Å². The van der Waals surface area contributed by atoms with Crippen molar-refractivity contribution in [1.29, 1.82) is 5.26 Å². The largest absolute Gasteiger partial charge is 0.416 e. The summed E-state index contributed by atoms with van der Waals surface area (Å²) in [5.41, 5.74) is -0.578. The fourth-order valence-electron chi connectivity index (χ4n) is 4.12. The summed E-state index contributed by atoms with van der Waals surface area (Å²) in [7, 11) is 0. The molecule has 2 aliphatic rings. The quantitative estimate of drug-likeness (QED) is 0.794. The number of ketones is 1. The molecule has 2 heterocycles. The van der Waals surface area contributed by atoms with Crippen LogP contribution in [0.15, 0.2) is 24.3 Å². The number of carbonyl (C=O) groups excluding carboxylic acids is 1. The normalized spacial score (nSPS) is 22.6. The molecule has 8 heteroatoms. The zero-order chi connectivity index (χ0) is 19.9. The summed E-state index contributed by atoms with van der Waals surface area (Å²) in [5, 5.41) is 17.8. The van der Waals surface area contributed by atoms with Crippen LogP contribution in [-0.2, 0) is 23.9 Å². The monoisotopic (exact) mass is 388 g/mol. The van der Waals surface area contributed by atoms with Gasteiger partial charge in [0.05, 0.1) is 11.6 Å². The molecule has 0 N–H and O–H groups in total. The third-order valence-corrected chi connectivity index (χ3v) is 5.63. The van der Waals surface area contributed by atoms with E-state index in [2.05, 4.69) is 10.2 Å². The van der Waals surface area contributed by atoms with E-state index in [1.165, 1.54) is 12.1 Å². The lowest BCUT2D eigenvalue weighted by Gasteiger charge is -2.13. The lowest BCUT2D eigenvalue weighted by atomic mass is 9.96. The van der Waals surface area contributed by atoms with E-state index in [0.717, 1.165) is 37.6 Å². The van der Waals surface area contributed by atoms with E-state index in [1.807, 2.05) is 10.6 Å². The molecule has 0 radical (unpaired) electrons. The maximum atomic E-state index is 13.3. The molecule has 1 aromatic heterocycles. The summed E-state index contributed by atoms with van der Waals surface area (Å²) < 4.78 is 41.7. The third kappa shape index (κ3) is 3.30. The minimum absolute atomic E-state index is 0.130. The van der Waals surface area contributed by atoms with Crippen LogP contribution in [0.3, 0.4) is 0 Å². The molecule has 1 aromatic carbocycles. The van der Waals surface area contributed by atoms with Gasteiger partial charge in [0.15, 0.2) is 17.5 Å². The van der Waals surface area contributed by atoms with E-state index in [-0.39, 0.29) is 11.3 Å². The first-order valence-electron chi connectivity index (χ1n) is 9.43. The lowest BCUT2D eigenvalue weighted by Crippen LogP contribution is -2.19. The molecule has 5 nitrogen and oxygen atoms in total. The molecule has 4 rings (SSSR count). The van der Waals surface area contributed by atoms with E-state index in [4.69, 9.17) is 0 Å². The number of Topliss-reactive ketones (excluding diaryl/α,β-unsaturated/α-hetero) is 1. The SMILES string of the molecule is N#C[C@H](C(=O)[C@H]1C[C@@H]1c1ccccc1C(F)(F)F)c1nnc2n1CCCCC2. The van der Waals surface area contributed by atoms with Crippen molar-refractivity contribution in [3.63, 3.8) is 0 Å². The van der Waals surface area contributed by atoms with Gasteiger partial charge in [0.1, 0.15) is 5.82 Å². The van der Waals surface area contributed by atoms with Gasteiger partial charge >= 0.3 is 6.18 Å². The van der Waals surface area contributed by atoms with Gasteiger partial charge in [-0.15, -0.1) is 10.2 Å². The molecule has 1 aliphatic heterocycles. The van der Waals surface area contributed by atoms with Gasteiger partial charge in [-0.3, -0.25) is 4.79 Å². The molecule has 0 saturated heterocycles. The smallest absolute Gasteiger partial charge is 0.313 e. The number of rotatable bonds is 4. The van der Waals surface area contributed by atoms with Crippen molar-refractivity contribution in [3.8, 4) is 6.07 Å². The highest BCUT2D eigenvalue weighted by Crippen LogP contribution is 2.52. The maximum absolute atomic E-state index is 13.3. The topological polar surface area (TPSA) is 71.6 Å². The van der Waals surface area contributed by atoms with Gasteiger partial charge in [0, 0.05) is 18.9 Å². The van der Waals surface area contributed by atoms with E-state index < -0.39 is 29.5 Å². The zero-order valence-electron chi connectivity index (χ0n) is 15.1. The van der Waals surface area contributed by atoms with Gasteiger partial charge in [0.2, 0.25) is 0 Å². The molecule has 0 amide bonds. The predicted octanol–water partition coefficient (Wildman–Crippen LogP) is 4.00.